The standard InChI is InChI=1S/C14H16N4O/c1-10(2)18-14(13(8-15)16-17-18)9-19-12-6-4-11(3)5-7-12/h4-7,10H,9H2,1-3H3. The SMILES string of the molecule is Cc1ccc(OCc2c(C#N)nnn2C(C)C)cc1. The smallest absolute Gasteiger partial charge is 0.189 e. The van der Waals surface area contributed by atoms with Crippen LogP contribution in [0.5, 0.6) is 5.75 Å². The predicted octanol–water partition coefficient (Wildman–Crippen LogP) is 2.62. The lowest BCUT2D eigenvalue weighted by atomic mass is 10.2. The minimum Gasteiger partial charge on any atom is -0.487 e. The molecule has 0 aliphatic rings. The van der Waals surface area contributed by atoms with Gasteiger partial charge in [-0.05, 0) is 32.9 Å². The van der Waals surface area contributed by atoms with Gasteiger partial charge in [-0.15, -0.1) is 5.10 Å². The summed E-state index contributed by atoms with van der Waals surface area (Å²) in [6, 6.07) is 9.97. The molecule has 0 saturated heterocycles. The highest BCUT2D eigenvalue weighted by Gasteiger charge is 2.15. The Morgan fingerprint density at radius 1 is 1.32 bits per heavy atom. The maximum absolute atomic E-state index is 9.03. The van der Waals surface area contributed by atoms with E-state index < -0.39 is 0 Å². The minimum atomic E-state index is 0.145. The van der Waals surface area contributed by atoms with Crippen LogP contribution in [0.2, 0.25) is 0 Å². The summed E-state index contributed by atoms with van der Waals surface area (Å²) < 4.78 is 7.40. The van der Waals surface area contributed by atoms with Gasteiger partial charge in [-0.3, -0.25) is 0 Å². The van der Waals surface area contributed by atoms with Gasteiger partial charge in [0.1, 0.15) is 24.1 Å². The van der Waals surface area contributed by atoms with Crippen LogP contribution in [0.4, 0.5) is 0 Å². The van der Waals surface area contributed by atoms with E-state index >= 15 is 0 Å². The van der Waals surface area contributed by atoms with Crippen molar-refractivity contribution in [3.05, 3.63) is 41.2 Å². The average Bonchev–Trinajstić information content (AvgIpc) is 2.81. The van der Waals surface area contributed by atoms with Crippen LogP contribution in [-0.4, -0.2) is 15.0 Å². The molecule has 0 atom stereocenters. The van der Waals surface area contributed by atoms with E-state index in [-0.39, 0.29) is 12.6 Å². The number of aryl methyl sites for hydroxylation is 1. The zero-order chi connectivity index (χ0) is 13.8. The molecule has 98 valence electrons. The van der Waals surface area contributed by atoms with Crippen molar-refractivity contribution in [2.45, 2.75) is 33.4 Å². The van der Waals surface area contributed by atoms with Crippen molar-refractivity contribution in [2.75, 3.05) is 0 Å². The van der Waals surface area contributed by atoms with E-state index in [1.54, 1.807) is 4.68 Å². The van der Waals surface area contributed by atoms with Gasteiger partial charge in [0, 0.05) is 6.04 Å². The van der Waals surface area contributed by atoms with E-state index in [1.807, 2.05) is 51.1 Å². The summed E-state index contributed by atoms with van der Waals surface area (Å²) in [5.74, 6) is 0.769. The summed E-state index contributed by atoms with van der Waals surface area (Å²) in [7, 11) is 0. The Bertz CT molecular complexity index is 593. The first-order valence-corrected chi connectivity index (χ1v) is 6.15. The highest BCUT2D eigenvalue weighted by atomic mass is 16.5. The Balaban J connectivity index is 2.17. The van der Waals surface area contributed by atoms with Gasteiger partial charge in [-0.2, -0.15) is 5.26 Å². The van der Waals surface area contributed by atoms with E-state index in [1.165, 1.54) is 5.56 Å². The molecule has 0 saturated carbocycles. The van der Waals surface area contributed by atoms with Gasteiger partial charge < -0.3 is 4.74 Å². The monoisotopic (exact) mass is 256 g/mol. The summed E-state index contributed by atoms with van der Waals surface area (Å²) in [6.07, 6.45) is 0. The molecule has 0 aliphatic heterocycles. The van der Waals surface area contributed by atoms with E-state index in [0.717, 1.165) is 5.75 Å². The van der Waals surface area contributed by atoms with Gasteiger partial charge in [-0.25, -0.2) is 4.68 Å². The molecular weight excluding hydrogens is 240 g/mol. The zero-order valence-electron chi connectivity index (χ0n) is 11.3. The van der Waals surface area contributed by atoms with Gasteiger partial charge in [0.2, 0.25) is 0 Å². The maximum Gasteiger partial charge on any atom is 0.189 e. The number of benzene rings is 1. The fraction of sp³-hybridized carbons (Fsp3) is 0.357. The van der Waals surface area contributed by atoms with Crippen LogP contribution >= 0.6 is 0 Å². The topological polar surface area (TPSA) is 63.7 Å². The predicted molar refractivity (Wildman–Crippen MR) is 70.6 cm³/mol. The van der Waals surface area contributed by atoms with Crippen LogP contribution in [0.1, 0.15) is 36.8 Å². The lowest BCUT2D eigenvalue weighted by molar-refractivity contribution is 0.287. The number of nitriles is 1. The van der Waals surface area contributed by atoms with Crippen molar-refractivity contribution < 1.29 is 4.74 Å². The first kappa shape index (κ1) is 13.1. The third-order valence-corrected chi connectivity index (χ3v) is 2.78. The third kappa shape index (κ3) is 2.91. The first-order valence-electron chi connectivity index (χ1n) is 6.15. The molecule has 1 heterocycles. The Kier molecular flexibility index (Phi) is 3.81. The summed E-state index contributed by atoms with van der Waals surface area (Å²) in [5, 5.41) is 16.9. The molecular formula is C14H16N4O. The van der Waals surface area contributed by atoms with Crippen LogP contribution in [0, 0.1) is 18.3 Å². The molecule has 0 N–H and O–H groups in total. The number of ether oxygens (including phenoxy) is 1. The highest BCUT2D eigenvalue weighted by molar-refractivity contribution is 5.28. The summed E-state index contributed by atoms with van der Waals surface area (Å²) in [4.78, 5) is 0. The fourth-order valence-electron chi connectivity index (χ4n) is 1.74. The number of hydrogen-bond donors (Lipinski definition) is 0. The fourth-order valence-corrected chi connectivity index (χ4v) is 1.74. The Morgan fingerprint density at radius 2 is 2.00 bits per heavy atom. The Morgan fingerprint density at radius 3 is 2.58 bits per heavy atom. The van der Waals surface area contributed by atoms with Crippen molar-refractivity contribution in [3.63, 3.8) is 0 Å². The van der Waals surface area contributed by atoms with E-state index in [9.17, 15) is 0 Å². The molecule has 0 unspecified atom stereocenters. The molecule has 0 amide bonds. The summed E-state index contributed by atoms with van der Waals surface area (Å²) >= 11 is 0. The molecule has 5 heteroatoms. The number of nitrogens with zero attached hydrogens (tertiary/aromatic N) is 4. The van der Waals surface area contributed by atoms with Crippen LogP contribution in [0.25, 0.3) is 0 Å². The second-order valence-electron chi connectivity index (χ2n) is 4.64. The first-order chi connectivity index (χ1) is 9.11. The van der Waals surface area contributed by atoms with Crippen molar-refractivity contribution in [1.82, 2.24) is 15.0 Å². The van der Waals surface area contributed by atoms with Gasteiger partial charge in [0.15, 0.2) is 5.69 Å². The Labute approximate surface area is 112 Å². The molecule has 1 aromatic carbocycles. The molecule has 0 fully saturated rings. The van der Waals surface area contributed by atoms with E-state index in [4.69, 9.17) is 10.00 Å². The molecule has 1 aromatic heterocycles. The van der Waals surface area contributed by atoms with Crippen molar-refractivity contribution in [1.29, 1.82) is 5.26 Å². The van der Waals surface area contributed by atoms with E-state index in [0.29, 0.717) is 11.4 Å². The van der Waals surface area contributed by atoms with Crippen LogP contribution < -0.4 is 4.74 Å². The van der Waals surface area contributed by atoms with Crippen LogP contribution in [0.3, 0.4) is 0 Å². The van der Waals surface area contributed by atoms with E-state index in [2.05, 4.69) is 10.3 Å². The minimum absolute atomic E-state index is 0.145. The highest BCUT2D eigenvalue weighted by Crippen LogP contribution is 2.16. The van der Waals surface area contributed by atoms with Crippen molar-refractivity contribution >= 4 is 0 Å². The molecule has 19 heavy (non-hydrogen) atoms. The quantitative estimate of drug-likeness (QED) is 0.843. The molecule has 5 nitrogen and oxygen atoms in total. The molecule has 0 radical (unpaired) electrons. The molecule has 0 spiro atoms. The zero-order valence-corrected chi connectivity index (χ0v) is 11.3. The van der Waals surface area contributed by atoms with Crippen LogP contribution in [0.15, 0.2) is 24.3 Å². The maximum atomic E-state index is 9.03. The number of aromatic nitrogens is 3. The number of rotatable bonds is 4. The van der Waals surface area contributed by atoms with Crippen LogP contribution in [-0.2, 0) is 6.61 Å². The second-order valence-corrected chi connectivity index (χ2v) is 4.64. The second kappa shape index (κ2) is 5.53. The van der Waals surface area contributed by atoms with Gasteiger partial charge in [-0.1, -0.05) is 22.9 Å². The van der Waals surface area contributed by atoms with Crippen molar-refractivity contribution in [3.8, 4) is 11.8 Å². The molecule has 0 aliphatic carbocycles. The average molecular weight is 256 g/mol. The summed E-state index contributed by atoms with van der Waals surface area (Å²) in [5.41, 5.74) is 2.21. The summed E-state index contributed by atoms with van der Waals surface area (Å²) in [6.45, 7) is 6.29. The van der Waals surface area contributed by atoms with Gasteiger partial charge >= 0.3 is 0 Å². The van der Waals surface area contributed by atoms with Gasteiger partial charge in [0.05, 0.1) is 0 Å². The number of hydrogen-bond acceptors (Lipinski definition) is 4. The normalized spacial score (nSPS) is 10.5. The Hall–Kier alpha value is -2.35. The molecule has 2 rings (SSSR count). The third-order valence-electron chi connectivity index (χ3n) is 2.78. The van der Waals surface area contributed by atoms with Crippen molar-refractivity contribution in [2.24, 2.45) is 0 Å². The molecule has 2 aromatic rings. The lowest BCUT2D eigenvalue weighted by Crippen LogP contribution is -2.10. The molecule has 0 bridgehead atoms. The van der Waals surface area contributed by atoms with Gasteiger partial charge in [0.25, 0.3) is 0 Å². The largest absolute Gasteiger partial charge is 0.487 e. The lowest BCUT2D eigenvalue weighted by Gasteiger charge is -2.11.